The van der Waals surface area contributed by atoms with E-state index in [0.717, 1.165) is 18.0 Å². The molecule has 0 amide bonds. The van der Waals surface area contributed by atoms with Crippen LogP contribution in [0.3, 0.4) is 0 Å². The fraction of sp³-hybridized carbons (Fsp3) is 1.00. The van der Waals surface area contributed by atoms with Crippen LogP contribution in [0, 0.1) is 5.92 Å². The van der Waals surface area contributed by atoms with Gasteiger partial charge < -0.3 is 15.1 Å². The molecule has 2 aliphatic rings. The van der Waals surface area contributed by atoms with Crippen LogP contribution in [-0.2, 0) is 0 Å². The van der Waals surface area contributed by atoms with Crippen molar-refractivity contribution < 1.29 is 0 Å². The maximum atomic E-state index is 3.72. The highest BCUT2D eigenvalue weighted by atomic mass is 15.2. The lowest BCUT2D eigenvalue weighted by molar-refractivity contribution is 0.110. The van der Waals surface area contributed by atoms with E-state index in [0.29, 0.717) is 0 Å². The van der Waals surface area contributed by atoms with Crippen molar-refractivity contribution >= 4 is 0 Å². The van der Waals surface area contributed by atoms with E-state index in [1.165, 1.54) is 64.8 Å². The Kier molecular flexibility index (Phi) is 6.11. The number of hydrogen-bond acceptors (Lipinski definition) is 3. The second-order valence-electron chi connectivity index (χ2n) is 6.80. The van der Waals surface area contributed by atoms with Crippen LogP contribution in [0.15, 0.2) is 0 Å². The molecule has 3 unspecified atom stereocenters. The van der Waals surface area contributed by atoms with Gasteiger partial charge in [-0.1, -0.05) is 20.3 Å². The predicted octanol–water partition coefficient (Wildman–Crippen LogP) is 2.18. The largest absolute Gasteiger partial charge is 0.314 e. The Morgan fingerprint density at radius 1 is 1.16 bits per heavy atom. The van der Waals surface area contributed by atoms with Crippen LogP contribution in [0.25, 0.3) is 0 Å². The van der Waals surface area contributed by atoms with Gasteiger partial charge in [-0.05, 0) is 58.3 Å². The topological polar surface area (TPSA) is 18.5 Å². The Morgan fingerprint density at radius 2 is 2.00 bits per heavy atom. The van der Waals surface area contributed by atoms with Gasteiger partial charge in [-0.2, -0.15) is 0 Å². The summed E-state index contributed by atoms with van der Waals surface area (Å²) in [7, 11) is 2.31. The molecule has 1 N–H and O–H groups in total. The zero-order valence-electron chi connectivity index (χ0n) is 13.2. The van der Waals surface area contributed by atoms with Crippen molar-refractivity contribution in [1.82, 2.24) is 15.1 Å². The minimum atomic E-state index is 0.731. The Labute approximate surface area is 119 Å². The van der Waals surface area contributed by atoms with Gasteiger partial charge in [0.25, 0.3) is 0 Å². The molecule has 0 aromatic heterocycles. The van der Waals surface area contributed by atoms with Gasteiger partial charge in [0, 0.05) is 25.2 Å². The molecular formula is C16H33N3. The number of nitrogens with one attached hydrogen (secondary N) is 1. The monoisotopic (exact) mass is 267 g/mol. The minimum absolute atomic E-state index is 0.731. The van der Waals surface area contributed by atoms with Gasteiger partial charge in [-0.15, -0.1) is 0 Å². The molecule has 0 bridgehead atoms. The Hall–Kier alpha value is -0.120. The van der Waals surface area contributed by atoms with E-state index in [4.69, 9.17) is 0 Å². The first-order valence-corrected chi connectivity index (χ1v) is 8.35. The molecule has 0 aromatic rings. The smallest absolute Gasteiger partial charge is 0.0220 e. The first-order chi connectivity index (χ1) is 9.19. The Morgan fingerprint density at radius 3 is 2.74 bits per heavy atom. The van der Waals surface area contributed by atoms with E-state index in [2.05, 4.69) is 36.0 Å². The molecule has 3 atom stereocenters. The predicted molar refractivity (Wildman–Crippen MR) is 82.6 cm³/mol. The lowest BCUT2D eigenvalue weighted by Gasteiger charge is -2.39. The fourth-order valence-corrected chi connectivity index (χ4v) is 3.59. The van der Waals surface area contributed by atoms with Crippen molar-refractivity contribution in [2.24, 2.45) is 5.92 Å². The van der Waals surface area contributed by atoms with E-state index in [-0.39, 0.29) is 0 Å². The van der Waals surface area contributed by atoms with Crippen molar-refractivity contribution in [2.45, 2.75) is 58.0 Å². The van der Waals surface area contributed by atoms with Gasteiger partial charge in [0.15, 0.2) is 0 Å². The SMILES string of the molecule is CCC1CCN(CC2CCCCN2C)CC(C)CN1. The molecule has 0 aliphatic carbocycles. The van der Waals surface area contributed by atoms with Gasteiger partial charge >= 0.3 is 0 Å². The lowest BCUT2D eigenvalue weighted by atomic mass is 10.00. The quantitative estimate of drug-likeness (QED) is 0.845. The van der Waals surface area contributed by atoms with Crippen molar-refractivity contribution in [1.29, 1.82) is 0 Å². The summed E-state index contributed by atoms with van der Waals surface area (Å²) >= 11 is 0. The third-order valence-electron chi connectivity index (χ3n) is 5.00. The molecule has 2 heterocycles. The Balaban J connectivity index is 1.86. The summed E-state index contributed by atoms with van der Waals surface area (Å²) in [5.74, 6) is 0.781. The number of piperidine rings is 1. The Bertz CT molecular complexity index is 256. The molecule has 0 aromatic carbocycles. The number of rotatable bonds is 3. The maximum Gasteiger partial charge on any atom is 0.0220 e. The number of hydrogen-bond donors (Lipinski definition) is 1. The van der Waals surface area contributed by atoms with Crippen LogP contribution in [0.2, 0.25) is 0 Å². The van der Waals surface area contributed by atoms with Crippen molar-refractivity contribution in [3.8, 4) is 0 Å². The summed E-state index contributed by atoms with van der Waals surface area (Å²) in [5.41, 5.74) is 0. The molecule has 0 spiro atoms. The normalized spacial score (nSPS) is 35.8. The summed E-state index contributed by atoms with van der Waals surface area (Å²) < 4.78 is 0. The van der Waals surface area contributed by atoms with Crippen LogP contribution < -0.4 is 5.32 Å². The van der Waals surface area contributed by atoms with Gasteiger partial charge in [0.05, 0.1) is 0 Å². The van der Waals surface area contributed by atoms with Crippen molar-refractivity contribution in [3.63, 3.8) is 0 Å². The number of likely N-dealkylation sites (N-methyl/N-ethyl adjacent to an activating group) is 1. The summed E-state index contributed by atoms with van der Waals surface area (Å²) in [6.45, 7) is 11.0. The highest BCUT2D eigenvalue weighted by Gasteiger charge is 2.24. The summed E-state index contributed by atoms with van der Waals surface area (Å²) in [4.78, 5) is 5.32. The first kappa shape index (κ1) is 15.3. The minimum Gasteiger partial charge on any atom is -0.314 e. The first-order valence-electron chi connectivity index (χ1n) is 8.35. The zero-order chi connectivity index (χ0) is 13.7. The van der Waals surface area contributed by atoms with E-state index < -0.39 is 0 Å². The molecule has 2 fully saturated rings. The molecule has 0 radical (unpaired) electrons. The number of nitrogens with zero attached hydrogens (tertiary/aromatic N) is 2. The van der Waals surface area contributed by atoms with Gasteiger partial charge in [0.1, 0.15) is 0 Å². The second-order valence-corrected chi connectivity index (χ2v) is 6.80. The molecule has 19 heavy (non-hydrogen) atoms. The third-order valence-corrected chi connectivity index (χ3v) is 5.00. The van der Waals surface area contributed by atoms with E-state index in [1.807, 2.05) is 0 Å². The molecule has 3 nitrogen and oxygen atoms in total. The summed E-state index contributed by atoms with van der Waals surface area (Å²) in [5, 5.41) is 3.72. The molecule has 2 rings (SSSR count). The van der Waals surface area contributed by atoms with Crippen LogP contribution in [0.5, 0.6) is 0 Å². The van der Waals surface area contributed by atoms with Gasteiger partial charge in [-0.25, -0.2) is 0 Å². The fourth-order valence-electron chi connectivity index (χ4n) is 3.59. The van der Waals surface area contributed by atoms with E-state index in [1.54, 1.807) is 0 Å². The van der Waals surface area contributed by atoms with Gasteiger partial charge in [-0.3, -0.25) is 0 Å². The molecular weight excluding hydrogens is 234 g/mol. The third kappa shape index (κ3) is 4.73. The summed E-state index contributed by atoms with van der Waals surface area (Å²) in [6, 6.07) is 1.53. The molecule has 3 heteroatoms. The van der Waals surface area contributed by atoms with Crippen molar-refractivity contribution in [3.05, 3.63) is 0 Å². The lowest BCUT2D eigenvalue weighted by Crippen LogP contribution is -2.49. The second kappa shape index (κ2) is 7.61. The number of likely N-dealkylation sites (tertiary alicyclic amines) is 1. The van der Waals surface area contributed by atoms with Crippen LogP contribution in [-0.4, -0.2) is 61.7 Å². The highest BCUT2D eigenvalue weighted by molar-refractivity contribution is 4.81. The van der Waals surface area contributed by atoms with Crippen LogP contribution in [0.4, 0.5) is 0 Å². The molecule has 2 aliphatic heterocycles. The standard InChI is InChI=1S/C16H33N3/c1-4-15-8-10-19(12-14(2)11-17-15)13-16-7-5-6-9-18(16)3/h14-17H,4-13H2,1-3H3. The highest BCUT2D eigenvalue weighted by Crippen LogP contribution is 2.18. The average Bonchev–Trinajstić information content (AvgIpc) is 2.39. The molecule has 112 valence electrons. The summed E-state index contributed by atoms with van der Waals surface area (Å²) in [6.07, 6.45) is 6.81. The zero-order valence-corrected chi connectivity index (χ0v) is 13.2. The molecule has 2 saturated heterocycles. The van der Waals surface area contributed by atoms with Gasteiger partial charge in [0.2, 0.25) is 0 Å². The van der Waals surface area contributed by atoms with Crippen LogP contribution in [0.1, 0.15) is 46.0 Å². The average molecular weight is 267 g/mol. The maximum absolute atomic E-state index is 3.72. The van der Waals surface area contributed by atoms with E-state index in [9.17, 15) is 0 Å². The van der Waals surface area contributed by atoms with Crippen molar-refractivity contribution in [2.75, 3.05) is 39.8 Å². The van der Waals surface area contributed by atoms with Crippen LogP contribution >= 0.6 is 0 Å². The molecule has 0 saturated carbocycles. The van der Waals surface area contributed by atoms with E-state index >= 15 is 0 Å².